The number of likely N-dealkylation sites (N-methyl/N-ethyl adjacent to an activating group) is 1. The van der Waals surface area contributed by atoms with Crippen LogP contribution in [0.25, 0.3) is 10.9 Å². The topological polar surface area (TPSA) is 435 Å². The van der Waals surface area contributed by atoms with Gasteiger partial charge in [-0.25, -0.2) is 4.98 Å². The minimum Gasteiger partial charge on any atom is -0.508 e. The van der Waals surface area contributed by atoms with Crippen LogP contribution in [0.1, 0.15) is 87.7 Å². The van der Waals surface area contributed by atoms with Crippen LogP contribution in [0.2, 0.25) is 0 Å². The van der Waals surface area contributed by atoms with E-state index in [1.54, 1.807) is 29.8 Å². The zero-order chi connectivity index (χ0) is 70.0. The molecule has 3 aromatic carbocycles. The molecule has 0 saturated carbocycles. The average molecular weight is 1390 g/mol. The van der Waals surface area contributed by atoms with Gasteiger partial charge in [0.05, 0.1) is 12.9 Å². The van der Waals surface area contributed by atoms with Crippen LogP contribution in [0, 0.1) is 5.92 Å². The second kappa shape index (κ2) is 34.7. The third-order valence-electron chi connectivity index (χ3n) is 17.7. The number of aliphatic hydroxyl groups excluding tert-OH is 1. The van der Waals surface area contributed by atoms with Gasteiger partial charge in [-0.3, -0.25) is 52.9 Å². The number of hydrogen-bond acceptors (Lipinski definition) is 17. The maximum atomic E-state index is 15.2. The van der Waals surface area contributed by atoms with Crippen molar-refractivity contribution < 1.29 is 58.2 Å². The molecule has 98 heavy (non-hydrogen) atoms. The molecule has 9 rings (SSSR count). The number of H-pyrrole nitrogens is 2. The lowest BCUT2D eigenvalue weighted by Gasteiger charge is -2.32. The number of guanidine groups is 1. The van der Waals surface area contributed by atoms with E-state index in [1.807, 2.05) is 74.1 Å². The van der Waals surface area contributed by atoms with Crippen molar-refractivity contribution in [1.82, 2.24) is 67.3 Å². The summed E-state index contributed by atoms with van der Waals surface area (Å²) in [6.07, 6.45) is 4.41. The Hall–Kier alpha value is -9.36. The highest BCUT2D eigenvalue weighted by Gasteiger charge is 2.42. The van der Waals surface area contributed by atoms with Crippen molar-refractivity contribution >= 4 is 105 Å². The van der Waals surface area contributed by atoms with Crippen LogP contribution in [0.15, 0.2) is 96.4 Å². The number of aromatic hydroxyl groups is 1. The van der Waals surface area contributed by atoms with Gasteiger partial charge < -0.3 is 89.3 Å². The summed E-state index contributed by atoms with van der Waals surface area (Å²) >= 11 is 3.60. The van der Waals surface area contributed by atoms with Crippen molar-refractivity contribution in [3.8, 4) is 5.75 Å². The number of nitrogens with two attached hydrogens (primary N) is 2. The third kappa shape index (κ3) is 20.4. The molecule has 11 atom stereocenters. The highest BCUT2D eigenvalue weighted by Crippen LogP contribution is 2.31. The number of benzene rings is 3. The number of phenolic OH excluding ortho intramolecular Hbond substituents is 1. The molecular formula is C67H89N17O12S2. The largest absolute Gasteiger partial charge is 0.508 e. The molecule has 17 N–H and O–H groups in total. The highest BCUT2D eigenvalue weighted by molar-refractivity contribution is 8.19. The fourth-order valence-electron chi connectivity index (χ4n) is 12.6. The molecule has 4 aliphatic heterocycles. The number of rotatable bonds is 33. The molecule has 2 aromatic heterocycles. The van der Waals surface area contributed by atoms with E-state index in [9.17, 15) is 48.6 Å². The summed E-state index contributed by atoms with van der Waals surface area (Å²) in [5.41, 5.74) is 15.1. The molecule has 0 bridgehead atoms. The number of anilines is 1. The number of carbonyl (C=O) groups excluding carboxylic acids is 10. The van der Waals surface area contributed by atoms with Gasteiger partial charge in [0.25, 0.3) is 0 Å². The Morgan fingerprint density at radius 2 is 1.40 bits per heavy atom. The number of aliphatic imine (C=N–C) groups is 1. The first-order valence-electron chi connectivity index (χ1n) is 33.1. The van der Waals surface area contributed by atoms with E-state index in [0.717, 1.165) is 33.0 Å². The Labute approximate surface area is 575 Å². The fraction of sp³-hybridized carbons (Fsp3) is 0.493. The van der Waals surface area contributed by atoms with Gasteiger partial charge in [0.15, 0.2) is 5.96 Å². The lowest BCUT2D eigenvalue weighted by atomic mass is 9.98. The molecule has 3 saturated heterocycles. The number of carbonyl (C=O) groups is 10. The zero-order valence-corrected chi connectivity index (χ0v) is 56.7. The summed E-state index contributed by atoms with van der Waals surface area (Å²) in [6.45, 7) is 3.63. The summed E-state index contributed by atoms with van der Waals surface area (Å²) in [7, 11) is 1.74. The van der Waals surface area contributed by atoms with E-state index >= 15 is 9.59 Å². The molecule has 10 amide bonds. The molecule has 5 aromatic rings. The Bertz CT molecular complexity index is 3600. The van der Waals surface area contributed by atoms with Crippen LogP contribution in [0.5, 0.6) is 5.75 Å². The number of aliphatic hydroxyl groups is 1. The number of aromatic amines is 2. The molecular weight excluding hydrogens is 1300 g/mol. The standard InChI is InChI=1S/C67H89N17O12S2/c1-37(2)24-50(59(89)76-49(14-8-22-71-67(68)69)65(95)84-23-9-15-56(84)66(96)83(3)32-45-34-97-36-98-45)77-61(91)52(28-41-26-39-10-4-6-12-46(39)73-41)80-60(90)51(25-38-16-18-44(86)19-17-38)78-64(94)55(33-85)82-63(93)53(29-42-27-40-11-5-7-13-47(40)74-42)81-62(92)54(30-43-31-70-35-72-43)79-58(88)48-20-21-57(87)75-48/h4-7,10-13,16-19,27,31,35,37,41,45,48-56,73-74,85-86H,8-9,14-15,20-26,28-30,32-34,36H2,1-3H3,(H,70,72)(H,75,87)(H,76,89)(H,77,91)(H,78,94)(H,79,88)(H,80,90)(H,81,92)(H,82,93)(H4,68,69,71)/t41?,45?,48-,49-,50-,51-,52+,53-,54-,55-,56-/m0/s1. The quantitative estimate of drug-likeness (QED) is 0.0150. The second-order valence-electron chi connectivity index (χ2n) is 25.7. The fourth-order valence-corrected chi connectivity index (χ4v) is 15.5. The first-order chi connectivity index (χ1) is 47.1. The van der Waals surface area contributed by atoms with E-state index in [-0.39, 0.29) is 106 Å². The minimum atomic E-state index is -1.78. The lowest BCUT2D eigenvalue weighted by molar-refractivity contribution is -0.145. The molecule has 6 heterocycles. The number of likely N-dealkylation sites (tertiary alicyclic amines) is 1. The van der Waals surface area contributed by atoms with Gasteiger partial charge >= 0.3 is 0 Å². The summed E-state index contributed by atoms with van der Waals surface area (Å²) in [5, 5.41) is 48.5. The van der Waals surface area contributed by atoms with E-state index in [0.29, 0.717) is 42.8 Å². The van der Waals surface area contributed by atoms with Gasteiger partial charge in [-0.2, -0.15) is 0 Å². The van der Waals surface area contributed by atoms with E-state index in [2.05, 4.69) is 67.8 Å². The number of phenols is 1. The third-order valence-corrected chi connectivity index (χ3v) is 20.5. The first kappa shape index (κ1) is 72.9. The van der Waals surface area contributed by atoms with Crippen LogP contribution in [-0.4, -0.2) is 210 Å². The number of thioether (sulfide) groups is 2. The van der Waals surface area contributed by atoms with Crippen molar-refractivity contribution in [2.24, 2.45) is 22.4 Å². The number of amides is 10. The van der Waals surface area contributed by atoms with Gasteiger partial charge in [-0.15, -0.1) is 23.5 Å². The van der Waals surface area contributed by atoms with Crippen LogP contribution in [0.4, 0.5) is 5.69 Å². The van der Waals surface area contributed by atoms with Gasteiger partial charge in [0.2, 0.25) is 59.1 Å². The molecule has 526 valence electrons. The van der Waals surface area contributed by atoms with Crippen LogP contribution in [-0.2, 0) is 73.6 Å². The Morgan fingerprint density at radius 1 is 0.755 bits per heavy atom. The number of para-hydroxylation sites is 2. The number of nitrogens with one attached hydrogen (secondary N) is 11. The van der Waals surface area contributed by atoms with Crippen molar-refractivity contribution in [2.75, 3.05) is 49.4 Å². The minimum absolute atomic E-state index is 0.0481. The molecule has 0 aliphatic carbocycles. The van der Waals surface area contributed by atoms with Gasteiger partial charge in [0, 0.05) is 103 Å². The molecule has 0 spiro atoms. The van der Waals surface area contributed by atoms with Crippen LogP contribution in [0.3, 0.4) is 0 Å². The molecule has 29 nitrogen and oxygen atoms in total. The Balaban J connectivity index is 0.949. The summed E-state index contributed by atoms with van der Waals surface area (Å²) < 4.78 is 0. The van der Waals surface area contributed by atoms with Gasteiger partial charge in [-0.1, -0.05) is 62.4 Å². The predicted molar refractivity (Wildman–Crippen MR) is 370 cm³/mol. The smallest absolute Gasteiger partial charge is 0.245 e. The number of nitrogens with zero attached hydrogens (tertiary/aromatic N) is 4. The molecule has 31 heteroatoms. The van der Waals surface area contributed by atoms with Crippen molar-refractivity contribution in [3.05, 3.63) is 114 Å². The summed E-state index contributed by atoms with van der Waals surface area (Å²) in [5.74, 6) is -6.37. The van der Waals surface area contributed by atoms with Gasteiger partial charge in [-0.05, 0) is 104 Å². The number of fused-ring (bicyclic) bond motifs is 2. The SMILES string of the molecule is CC(C)C[C@H](NC(=O)[C@@H](CC1Cc2ccccc2N1)NC(=O)[C@H](Cc1ccc(O)cc1)NC(=O)[C@H](CO)NC(=O)[C@H](Cc1cc2ccccc2[nH]1)NC(=O)[C@H](Cc1cnc[nH]1)NC(=O)[C@@H]1CCC(=O)N1)C(=O)N[C@@H](CCCN=C(N)N)C(=O)N1CCC[C@H]1C(=O)N(C)CC1CSCS1. The number of aromatic nitrogens is 3. The van der Waals surface area contributed by atoms with Crippen LogP contribution >= 0.6 is 23.5 Å². The normalized spacial score (nSPS) is 19.3. The number of hydrogen-bond donors (Lipinski definition) is 15. The zero-order valence-electron chi connectivity index (χ0n) is 55.1. The molecule has 2 unspecified atom stereocenters. The van der Waals surface area contributed by atoms with E-state index in [4.69, 9.17) is 11.5 Å². The Morgan fingerprint density at radius 3 is 2.06 bits per heavy atom. The predicted octanol–water partition coefficient (Wildman–Crippen LogP) is 0.0711. The van der Waals surface area contributed by atoms with Crippen LogP contribution < -0.4 is 59.3 Å². The second-order valence-corrected chi connectivity index (χ2v) is 28.4. The maximum absolute atomic E-state index is 15.2. The van der Waals surface area contributed by atoms with Crippen molar-refractivity contribution in [1.29, 1.82) is 0 Å². The molecule has 0 radical (unpaired) electrons. The van der Waals surface area contributed by atoms with Crippen molar-refractivity contribution in [3.63, 3.8) is 0 Å². The number of imidazole rings is 1. The van der Waals surface area contributed by atoms with E-state index in [1.165, 1.54) is 41.7 Å². The molecule has 3 fully saturated rings. The highest BCUT2D eigenvalue weighted by atomic mass is 32.2. The maximum Gasteiger partial charge on any atom is 0.245 e. The molecule has 4 aliphatic rings. The average Bonchev–Trinajstić information content (AvgIpc) is 1.63. The summed E-state index contributed by atoms with van der Waals surface area (Å²) in [6, 6.07) is 10.3. The first-order valence-corrected chi connectivity index (χ1v) is 35.3. The van der Waals surface area contributed by atoms with E-state index < -0.39 is 114 Å². The van der Waals surface area contributed by atoms with Crippen molar-refractivity contribution in [2.45, 2.75) is 157 Å². The summed E-state index contributed by atoms with van der Waals surface area (Å²) in [4.78, 5) is 161. The monoisotopic (exact) mass is 1390 g/mol. The lowest BCUT2D eigenvalue weighted by Crippen LogP contribution is -2.62. The Kier molecular flexibility index (Phi) is 25.8. The van der Waals surface area contributed by atoms with Gasteiger partial charge in [0.1, 0.15) is 60.1 Å².